The first kappa shape index (κ1) is 69.2. The third kappa shape index (κ3) is 52.1. The number of aliphatic hydroxyl groups excluding tert-OH is 1. The van der Waals surface area contributed by atoms with Crippen molar-refractivity contribution >= 4 is 25.7 Å². The molecule has 3 unspecified atom stereocenters. The molecule has 0 radical (unpaired) electrons. The van der Waals surface area contributed by atoms with Gasteiger partial charge in [-0.15, -0.1) is 0 Å². The summed E-state index contributed by atoms with van der Waals surface area (Å²) in [5.41, 5.74) is 0. The number of phosphoric acid groups is 1. The zero-order valence-corrected chi connectivity index (χ0v) is 47.0. The molecular formula is C60H107O11P. The van der Waals surface area contributed by atoms with E-state index in [-0.39, 0.29) is 25.9 Å². The molecule has 11 nitrogen and oxygen atoms in total. The van der Waals surface area contributed by atoms with Crippen molar-refractivity contribution in [3.63, 3.8) is 0 Å². The lowest BCUT2D eigenvalue weighted by Gasteiger charge is -2.21. The molecule has 0 aromatic heterocycles. The zero-order valence-electron chi connectivity index (χ0n) is 46.1. The van der Waals surface area contributed by atoms with E-state index in [0.717, 1.165) is 122 Å². The molecule has 0 spiro atoms. The number of aliphatic hydroxyl groups is 1. The van der Waals surface area contributed by atoms with Crippen molar-refractivity contribution in [2.75, 3.05) is 26.4 Å². The number of phosphoric ester groups is 1. The molecule has 72 heavy (non-hydrogen) atoms. The number of rotatable bonds is 54. The lowest BCUT2D eigenvalue weighted by Crippen LogP contribution is -2.30. The topological polar surface area (TPSA) is 155 Å². The highest BCUT2D eigenvalue weighted by Gasteiger charge is 2.28. The van der Waals surface area contributed by atoms with Gasteiger partial charge in [0.1, 0.15) is 12.7 Å². The van der Waals surface area contributed by atoms with Crippen LogP contribution in [0.25, 0.3) is 0 Å². The van der Waals surface area contributed by atoms with Gasteiger partial charge in [-0.1, -0.05) is 204 Å². The molecule has 0 aliphatic rings. The van der Waals surface area contributed by atoms with E-state index < -0.39 is 57.8 Å². The molecule has 0 fully saturated rings. The molecule has 0 aliphatic heterocycles. The minimum Gasteiger partial charge on any atom is -0.462 e. The number of allylic oxidation sites excluding steroid dienone is 10. The van der Waals surface area contributed by atoms with Crippen molar-refractivity contribution in [1.29, 1.82) is 0 Å². The molecule has 0 bridgehead atoms. The van der Waals surface area contributed by atoms with E-state index in [1.807, 2.05) is 0 Å². The lowest BCUT2D eigenvalue weighted by molar-refractivity contribution is -0.161. The van der Waals surface area contributed by atoms with Gasteiger partial charge in [0.05, 0.1) is 19.8 Å². The minimum atomic E-state index is -4.75. The van der Waals surface area contributed by atoms with E-state index in [1.54, 1.807) is 0 Å². The van der Waals surface area contributed by atoms with Gasteiger partial charge in [-0.3, -0.25) is 23.4 Å². The molecule has 0 amide bonds. The van der Waals surface area contributed by atoms with Crippen LogP contribution in [0.15, 0.2) is 60.8 Å². The van der Waals surface area contributed by atoms with Crippen molar-refractivity contribution in [2.45, 2.75) is 277 Å². The Morgan fingerprint density at radius 2 is 0.722 bits per heavy atom. The number of hydrogen-bond donors (Lipinski definition) is 2. The van der Waals surface area contributed by atoms with E-state index in [1.165, 1.54) is 83.5 Å². The Balaban J connectivity index is 4.75. The van der Waals surface area contributed by atoms with Gasteiger partial charge in [0, 0.05) is 19.3 Å². The Bertz CT molecular complexity index is 1440. The summed E-state index contributed by atoms with van der Waals surface area (Å²) in [4.78, 5) is 48.5. The highest BCUT2D eigenvalue weighted by molar-refractivity contribution is 7.47. The monoisotopic (exact) mass is 1030 g/mol. The maximum atomic E-state index is 12.9. The van der Waals surface area contributed by atoms with Crippen LogP contribution in [0.4, 0.5) is 0 Å². The standard InChI is InChI=1S/C60H107O11P/c1-4-7-10-13-16-19-22-25-27-28-30-33-36-39-42-45-48-51-60(64)71-57(53-67-58(62)49-46-43-40-37-34-32-29-26-23-20-17-14-11-8-5-2)55-69-72(65,66)68-54-56(52-61)70-59(63)50-47-44-41-38-35-31-24-21-18-15-12-9-6-3/h8,11,17,20-21,24-27,29,56-57,61H,4-7,9-10,12-16,18-19,22-23,28,30-55H2,1-3H3,(H,65,66)/b11-8-,20-17-,24-21-,27-25-,29-26-. The van der Waals surface area contributed by atoms with Crippen LogP contribution in [-0.2, 0) is 42.2 Å². The second-order valence-corrected chi connectivity index (χ2v) is 20.9. The van der Waals surface area contributed by atoms with Gasteiger partial charge in [0.15, 0.2) is 6.10 Å². The molecule has 0 aromatic carbocycles. The van der Waals surface area contributed by atoms with Crippen LogP contribution >= 0.6 is 7.82 Å². The zero-order chi connectivity index (χ0) is 52.7. The molecule has 2 N–H and O–H groups in total. The predicted octanol–water partition coefficient (Wildman–Crippen LogP) is 17.1. The van der Waals surface area contributed by atoms with E-state index >= 15 is 0 Å². The number of hydrogen-bond acceptors (Lipinski definition) is 10. The Hall–Kier alpha value is -2.82. The van der Waals surface area contributed by atoms with E-state index in [4.69, 9.17) is 23.3 Å². The van der Waals surface area contributed by atoms with Crippen molar-refractivity contribution in [3.8, 4) is 0 Å². The summed E-state index contributed by atoms with van der Waals surface area (Å²) in [6.45, 7) is 4.50. The fourth-order valence-electron chi connectivity index (χ4n) is 7.95. The summed E-state index contributed by atoms with van der Waals surface area (Å²) in [5, 5.41) is 9.80. The van der Waals surface area contributed by atoms with Gasteiger partial charge < -0.3 is 24.2 Å². The fraction of sp³-hybridized carbons (Fsp3) is 0.783. The average molecular weight is 1040 g/mol. The third-order valence-electron chi connectivity index (χ3n) is 12.4. The largest absolute Gasteiger partial charge is 0.472 e. The van der Waals surface area contributed by atoms with Gasteiger partial charge in [-0.25, -0.2) is 4.57 Å². The highest BCUT2D eigenvalue weighted by Crippen LogP contribution is 2.43. The normalized spacial score (nSPS) is 13.8. The first-order valence-corrected chi connectivity index (χ1v) is 30.7. The summed E-state index contributed by atoms with van der Waals surface area (Å²) in [7, 11) is -4.75. The van der Waals surface area contributed by atoms with Gasteiger partial charge in [0.2, 0.25) is 0 Å². The Kier molecular flexibility index (Phi) is 52.3. The molecule has 3 atom stereocenters. The maximum absolute atomic E-state index is 12.9. The summed E-state index contributed by atoms with van der Waals surface area (Å²) >= 11 is 0. The predicted molar refractivity (Wildman–Crippen MR) is 298 cm³/mol. The number of carbonyl (C=O) groups is 3. The minimum absolute atomic E-state index is 0.158. The maximum Gasteiger partial charge on any atom is 0.472 e. The summed E-state index contributed by atoms with van der Waals surface area (Å²) in [6.07, 6.45) is 58.9. The molecule has 12 heteroatoms. The number of carbonyl (C=O) groups excluding carboxylic acids is 3. The SMILES string of the molecule is CC/C=C\C/C=C\C/C=C\CCCCCCCC(=O)OCC(COP(=O)(O)OCC(CO)OC(=O)CCCCCCC/C=C\CCCCCC)OC(=O)CCCCCCCCC/C=C\CCCCCCCC. The first-order valence-electron chi connectivity index (χ1n) is 29.2. The van der Waals surface area contributed by atoms with Crippen LogP contribution in [0.3, 0.4) is 0 Å². The van der Waals surface area contributed by atoms with Crippen LogP contribution in [0.5, 0.6) is 0 Å². The van der Waals surface area contributed by atoms with E-state index in [2.05, 4.69) is 81.5 Å². The molecule has 0 heterocycles. The summed E-state index contributed by atoms with van der Waals surface area (Å²) in [5.74, 6) is -1.49. The quantitative estimate of drug-likeness (QED) is 0.0197. The molecule has 0 saturated heterocycles. The van der Waals surface area contributed by atoms with E-state index in [0.29, 0.717) is 19.3 Å². The van der Waals surface area contributed by atoms with Crippen LogP contribution in [0.2, 0.25) is 0 Å². The van der Waals surface area contributed by atoms with Crippen LogP contribution < -0.4 is 0 Å². The van der Waals surface area contributed by atoms with Crippen LogP contribution in [0.1, 0.15) is 265 Å². The molecule has 0 rings (SSSR count). The second-order valence-electron chi connectivity index (χ2n) is 19.4. The molecule has 0 aromatic rings. The smallest absolute Gasteiger partial charge is 0.462 e. The van der Waals surface area contributed by atoms with Crippen molar-refractivity contribution in [1.82, 2.24) is 0 Å². The Morgan fingerprint density at radius 1 is 0.403 bits per heavy atom. The number of esters is 3. The van der Waals surface area contributed by atoms with E-state index in [9.17, 15) is 28.9 Å². The van der Waals surface area contributed by atoms with Gasteiger partial charge in [-0.2, -0.15) is 0 Å². The van der Waals surface area contributed by atoms with Gasteiger partial charge in [-0.05, 0) is 103 Å². The summed E-state index contributed by atoms with van der Waals surface area (Å²) < 4.78 is 39.5. The average Bonchev–Trinajstić information content (AvgIpc) is 3.37. The fourth-order valence-corrected chi connectivity index (χ4v) is 8.73. The van der Waals surface area contributed by atoms with Crippen LogP contribution in [0, 0.1) is 0 Å². The Morgan fingerprint density at radius 3 is 1.14 bits per heavy atom. The molecule has 0 aliphatic carbocycles. The Labute approximate surface area is 440 Å². The first-order chi connectivity index (χ1) is 35.2. The molecular weight excluding hydrogens is 928 g/mol. The molecule has 0 saturated carbocycles. The highest BCUT2D eigenvalue weighted by atomic mass is 31.2. The summed E-state index contributed by atoms with van der Waals surface area (Å²) in [6, 6.07) is 0. The third-order valence-corrected chi connectivity index (χ3v) is 13.3. The van der Waals surface area contributed by atoms with Crippen molar-refractivity contribution in [2.24, 2.45) is 0 Å². The number of ether oxygens (including phenoxy) is 3. The number of unbranched alkanes of at least 4 members (excludes halogenated alkanes) is 27. The molecule has 418 valence electrons. The lowest BCUT2D eigenvalue weighted by atomic mass is 10.1. The van der Waals surface area contributed by atoms with Crippen molar-refractivity contribution < 1.29 is 52.2 Å². The van der Waals surface area contributed by atoms with Gasteiger partial charge in [0.25, 0.3) is 0 Å². The van der Waals surface area contributed by atoms with Crippen molar-refractivity contribution in [3.05, 3.63) is 60.8 Å². The second kappa shape index (κ2) is 54.4. The van der Waals surface area contributed by atoms with Crippen LogP contribution in [-0.4, -0.2) is 66.5 Å². The van der Waals surface area contributed by atoms with Gasteiger partial charge >= 0.3 is 25.7 Å².